The van der Waals surface area contributed by atoms with Gasteiger partial charge in [-0.1, -0.05) is 42.5 Å². The summed E-state index contributed by atoms with van der Waals surface area (Å²) < 4.78 is 17.4. The van der Waals surface area contributed by atoms with Crippen LogP contribution in [0, 0.1) is 0 Å². The van der Waals surface area contributed by atoms with Crippen LogP contribution in [0.2, 0.25) is 0 Å². The maximum absolute atomic E-state index is 12.6. The lowest BCUT2D eigenvalue weighted by atomic mass is 9.84. The van der Waals surface area contributed by atoms with Gasteiger partial charge < -0.3 is 57.8 Å². The Labute approximate surface area is 220 Å². The molecule has 10 atom stereocenters. The Bertz CT molecular complexity index is 1040. The normalized spacial score (nSPS) is 35.6. The predicted octanol–water partition coefficient (Wildman–Crippen LogP) is -1.79. The molecule has 0 bridgehead atoms. The molecule has 0 aromatic heterocycles. The number of aliphatic hydroxyl groups is 3. The molecule has 2 fully saturated rings. The maximum Gasteiger partial charge on any atom is 0.250 e. The van der Waals surface area contributed by atoms with Gasteiger partial charge in [-0.05, 0) is 29.7 Å². The summed E-state index contributed by atoms with van der Waals surface area (Å²) in [6.07, 6.45) is -7.80. The summed E-state index contributed by atoms with van der Waals surface area (Å²) in [6, 6.07) is 14.7. The fraction of sp³-hybridized carbons (Fsp3) is 0.500. The zero-order valence-electron chi connectivity index (χ0n) is 20.9. The lowest BCUT2D eigenvalue weighted by Crippen LogP contribution is -2.67. The molecule has 2 aromatic rings. The van der Waals surface area contributed by atoms with Gasteiger partial charge in [-0.2, -0.15) is 0 Å². The molecule has 1 saturated heterocycles. The van der Waals surface area contributed by atoms with E-state index in [1.165, 1.54) is 0 Å². The second-order valence-electron chi connectivity index (χ2n) is 9.76. The van der Waals surface area contributed by atoms with E-state index in [0.29, 0.717) is 5.69 Å². The van der Waals surface area contributed by atoms with E-state index in [-0.39, 0.29) is 13.0 Å². The summed E-state index contributed by atoms with van der Waals surface area (Å²) in [7, 11) is 0. The molecule has 12 heteroatoms. The molecule has 208 valence electrons. The zero-order chi connectivity index (χ0) is 27.4. The third kappa shape index (κ3) is 6.38. The van der Waals surface area contributed by atoms with E-state index in [9.17, 15) is 20.1 Å². The van der Waals surface area contributed by atoms with E-state index in [0.717, 1.165) is 11.1 Å². The van der Waals surface area contributed by atoms with E-state index in [2.05, 4.69) is 5.32 Å². The molecule has 1 aliphatic heterocycles. The van der Waals surface area contributed by atoms with Crippen molar-refractivity contribution >= 4 is 11.6 Å². The topological polar surface area (TPSA) is 222 Å². The molecular weight excluding hydrogens is 494 g/mol. The average molecular weight is 532 g/mol. The minimum absolute atomic E-state index is 0.0819. The van der Waals surface area contributed by atoms with Gasteiger partial charge >= 0.3 is 0 Å². The number of nitrogens with two attached hydrogens (primary N) is 4. The Hall–Kier alpha value is -2.49. The lowest BCUT2D eigenvalue weighted by Gasteiger charge is -2.46. The van der Waals surface area contributed by atoms with Crippen LogP contribution in [0.25, 0.3) is 11.1 Å². The summed E-state index contributed by atoms with van der Waals surface area (Å²) in [4.78, 5) is 12.6. The number of hydrogen-bond acceptors (Lipinski definition) is 11. The van der Waals surface area contributed by atoms with Crippen LogP contribution in [0.4, 0.5) is 5.69 Å². The number of nitrogens with one attached hydrogen (secondary N) is 1. The molecule has 1 amide bonds. The largest absolute Gasteiger partial charge is 0.389 e. The first-order valence-corrected chi connectivity index (χ1v) is 12.6. The molecule has 0 spiro atoms. The highest BCUT2D eigenvalue weighted by Crippen LogP contribution is 2.29. The molecule has 4 rings (SSSR count). The Morgan fingerprint density at radius 1 is 0.895 bits per heavy atom. The predicted molar refractivity (Wildman–Crippen MR) is 139 cm³/mol. The van der Waals surface area contributed by atoms with Gasteiger partial charge in [0.15, 0.2) is 6.29 Å². The number of anilines is 1. The average Bonchev–Trinajstić information content (AvgIpc) is 2.92. The van der Waals surface area contributed by atoms with Gasteiger partial charge in [0, 0.05) is 24.3 Å². The van der Waals surface area contributed by atoms with Gasteiger partial charge in [0.25, 0.3) is 0 Å². The number of rotatable bonds is 8. The standard InChI is InChI=1S/C26H37N5O7/c27-11-18-22(34)23(35)20(30)26(37-18)38-24-17(29)10-16(28)21(33)25(24)36-12-19(32)31-15-8-6-14(7-9-15)13-4-2-1-3-5-13/h1-9,16-18,20-26,33-35H,10-12,27-30H2,(H,31,32)/t16-,17+,18-,20-,21+,22-,23-,24-,25-,26-/m1/s1. The maximum atomic E-state index is 12.6. The summed E-state index contributed by atoms with van der Waals surface area (Å²) in [5, 5.41) is 33.9. The van der Waals surface area contributed by atoms with Crippen molar-refractivity contribution < 1.29 is 34.3 Å². The third-order valence-corrected chi connectivity index (χ3v) is 7.02. The van der Waals surface area contributed by atoms with Gasteiger partial charge in [0.05, 0.1) is 12.1 Å². The molecule has 2 aliphatic rings. The molecule has 12 N–H and O–H groups in total. The SMILES string of the molecule is NC[C@H]1O[C@H](O[C@H]2[C@H](OCC(=O)Nc3ccc(-c4ccccc4)cc3)[C@@H](O)[C@H](N)C[C@@H]2N)[C@H](N)[C@@H](O)[C@@H]1O. The lowest BCUT2D eigenvalue weighted by molar-refractivity contribution is -0.290. The summed E-state index contributed by atoms with van der Waals surface area (Å²) in [6.45, 7) is -0.493. The van der Waals surface area contributed by atoms with Gasteiger partial charge in [-0.3, -0.25) is 4.79 Å². The first-order chi connectivity index (χ1) is 18.2. The van der Waals surface area contributed by atoms with Crippen LogP contribution in [-0.4, -0.2) is 95.4 Å². The number of aliphatic hydroxyl groups excluding tert-OH is 3. The number of ether oxygens (including phenoxy) is 3. The van der Waals surface area contributed by atoms with Gasteiger partial charge in [-0.15, -0.1) is 0 Å². The minimum Gasteiger partial charge on any atom is -0.389 e. The molecule has 1 heterocycles. The highest BCUT2D eigenvalue weighted by molar-refractivity contribution is 5.92. The molecule has 0 unspecified atom stereocenters. The first-order valence-electron chi connectivity index (χ1n) is 12.6. The highest BCUT2D eigenvalue weighted by Gasteiger charge is 2.48. The summed E-state index contributed by atoms with van der Waals surface area (Å²) in [5.74, 6) is -0.455. The van der Waals surface area contributed by atoms with Gasteiger partial charge in [0.2, 0.25) is 5.91 Å². The monoisotopic (exact) mass is 531 g/mol. The molecule has 1 aliphatic carbocycles. The van der Waals surface area contributed by atoms with Crippen molar-refractivity contribution in [3.63, 3.8) is 0 Å². The van der Waals surface area contributed by atoms with E-state index in [4.69, 9.17) is 37.1 Å². The van der Waals surface area contributed by atoms with Crippen molar-refractivity contribution in [2.75, 3.05) is 18.5 Å². The van der Waals surface area contributed by atoms with Crippen LogP contribution < -0.4 is 28.3 Å². The fourth-order valence-electron chi connectivity index (χ4n) is 4.81. The third-order valence-electron chi connectivity index (χ3n) is 7.02. The van der Waals surface area contributed by atoms with Crippen molar-refractivity contribution in [3.8, 4) is 11.1 Å². The Morgan fingerprint density at radius 2 is 1.55 bits per heavy atom. The number of benzene rings is 2. The molecule has 1 saturated carbocycles. The number of carbonyl (C=O) groups excluding carboxylic acids is 1. The Morgan fingerprint density at radius 3 is 2.21 bits per heavy atom. The van der Waals surface area contributed by atoms with Gasteiger partial charge in [0.1, 0.15) is 37.1 Å². The van der Waals surface area contributed by atoms with E-state index < -0.39 is 73.6 Å². The van der Waals surface area contributed by atoms with Crippen molar-refractivity contribution in [2.24, 2.45) is 22.9 Å². The summed E-state index contributed by atoms with van der Waals surface area (Å²) >= 11 is 0. The van der Waals surface area contributed by atoms with Crippen LogP contribution in [0.15, 0.2) is 54.6 Å². The minimum atomic E-state index is -1.35. The van der Waals surface area contributed by atoms with Crippen LogP contribution in [0.3, 0.4) is 0 Å². The number of hydrogen-bond donors (Lipinski definition) is 8. The second kappa shape index (κ2) is 12.6. The highest BCUT2D eigenvalue weighted by atomic mass is 16.7. The quantitative estimate of drug-likeness (QED) is 0.190. The van der Waals surface area contributed by atoms with Crippen LogP contribution in [-0.2, 0) is 19.0 Å². The van der Waals surface area contributed by atoms with Crippen molar-refractivity contribution in [3.05, 3.63) is 54.6 Å². The van der Waals surface area contributed by atoms with Crippen molar-refractivity contribution in [1.29, 1.82) is 0 Å². The van der Waals surface area contributed by atoms with E-state index >= 15 is 0 Å². The van der Waals surface area contributed by atoms with Crippen LogP contribution in [0.1, 0.15) is 6.42 Å². The van der Waals surface area contributed by atoms with Crippen LogP contribution in [0.5, 0.6) is 0 Å². The molecule has 2 aromatic carbocycles. The van der Waals surface area contributed by atoms with Crippen molar-refractivity contribution in [1.82, 2.24) is 0 Å². The Kier molecular flexibility index (Phi) is 9.44. The number of amides is 1. The Balaban J connectivity index is 1.39. The first kappa shape index (κ1) is 28.5. The smallest absolute Gasteiger partial charge is 0.250 e. The molecular formula is C26H37N5O7. The second-order valence-corrected chi connectivity index (χ2v) is 9.76. The molecule has 12 nitrogen and oxygen atoms in total. The molecule has 0 radical (unpaired) electrons. The van der Waals surface area contributed by atoms with E-state index in [1.807, 2.05) is 42.5 Å². The fourth-order valence-corrected chi connectivity index (χ4v) is 4.81. The van der Waals surface area contributed by atoms with Crippen molar-refractivity contribution in [2.45, 2.75) is 67.5 Å². The van der Waals surface area contributed by atoms with Crippen LogP contribution >= 0.6 is 0 Å². The summed E-state index contributed by atoms with van der Waals surface area (Å²) in [5.41, 5.74) is 26.6. The number of carbonyl (C=O) groups is 1. The molecule has 38 heavy (non-hydrogen) atoms. The van der Waals surface area contributed by atoms with Gasteiger partial charge in [-0.25, -0.2) is 0 Å². The zero-order valence-corrected chi connectivity index (χ0v) is 20.9. The van der Waals surface area contributed by atoms with E-state index in [1.54, 1.807) is 12.1 Å².